The molecule has 2 heterocycles. The topological polar surface area (TPSA) is 65.5 Å². The summed E-state index contributed by atoms with van der Waals surface area (Å²) < 4.78 is 0. The summed E-state index contributed by atoms with van der Waals surface area (Å²) >= 11 is 1.44. The zero-order valence-corrected chi connectivity index (χ0v) is 16.0. The summed E-state index contributed by atoms with van der Waals surface area (Å²) in [6.45, 7) is 7.05. The molecule has 138 valence electrons. The fourth-order valence-corrected chi connectivity index (χ4v) is 3.67. The number of benzene rings is 1. The van der Waals surface area contributed by atoms with E-state index in [2.05, 4.69) is 10.3 Å². The van der Waals surface area contributed by atoms with Gasteiger partial charge in [0.15, 0.2) is 5.13 Å². The van der Waals surface area contributed by atoms with E-state index in [1.54, 1.807) is 10.3 Å². The summed E-state index contributed by atoms with van der Waals surface area (Å²) in [5, 5.41) is 5.67. The average Bonchev–Trinajstić information content (AvgIpc) is 3.12. The number of carbonyl (C=O) groups excluding carboxylic acids is 2. The van der Waals surface area contributed by atoms with E-state index >= 15 is 0 Å². The second kappa shape index (κ2) is 8.31. The summed E-state index contributed by atoms with van der Waals surface area (Å²) in [4.78, 5) is 33.0. The molecule has 1 aliphatic rings. The van der Waals surface area contributed by atoms with Gasteiger partial charge in [-0.25, -0.2) is 4.98 Å². The van der Waals surface area contributed by atoms with E-state index in [4.69, 9.17) is 0 Å². The molecule has 3 rings (SSSR count). The van der Waals surface area contributed by atoms with Crippen LogP contribution in [0, 0.1) is 6.92 Å². The van der Waals surface area contributed by atoms with Crippen LogP contribution in [0.5, 0.6) is 0 Å². The molecule has 6 nitrogen and oxygen atoms in total. The maximum absolute atomic E-state index is 12.6. The Morgan fingerprint density at radius 1 is 1.12 bits per heavy atom. The van der Waals surface area contributed by atoms with E-state index in [1.165, 1.54) is 16.9 Å². The Morgan fingerprint density at radius 2 is 1.77 bits per heavy atom. The first-order valence-electron chi connectivity index (χ1n) is 8.89. The van der Waals surface area contributed by atoms with Crippen LogP contribution in [0.4, 0.5) is 5.13 Å². The van der Waals surface area contributed by atoms with Gasteiger partial charge < -0.3 is 15.1 Å². The van der Waals surface area contributed by atoms with Gasteiger partial charge in [-0.05, 0) is 19.4 Å². The number of anilines is 1. The van der Waals surface area contributed by atoms with Crippen molar-refractivity contribution in [1.82, 2.24) is 14.8 Å². The Balaban J connectivity index is 1.52. The minimum atomic E-state index is -0.0592. The van der Waals surface area contributed by atoms with Gasteiger partial charge in [0, 0.05) is 38.1 Å². The van der Waals surface area contributed by atoms with Crippen LogP contribution in [-0.4, -0.2) is 59.3 Å². The van der Waals surface area contributed by atoms with E-state index in [0.29, 0.717) is 38.3 Å². The summed E-state index contributed by atoms with van der Waals surface area (Å²) in [7, 11) is 0. The van der Waals surface area contributed by atoms with Gasteiger partial charge in [0.2, 0.25) is 5.91 Å². The van der Waals surface area contributed by atoms with Crippen LogP contribution in [0.25, 0.3) is 0 Å². The van der Waals surface area contributed by atoms with E-state index in [9.17, 15) is 9.59 Å². The first-order chi connectivity index (χ1) is 12.6. The Morgan fingerprint density at radius 3 is 2.42 bits per heavy atom. The van der Waals surface area contributed by atoms with Crippen LogP contribution in [-0.2, 0) is 11.2 Å². The molecule has 1 N–H and O–H groups in total. The number of rotatable bonds is 5. The van der Waals surface area contributed by atoms with Crippen molar-refractivity contribution in [1.29, 1.82) is 0 Å². The SMILES string of the molecule is CCNc1nc(C(=O)N2CCN(C(=O)Cc3ccc(C)cc3)CC2)cs1. The Labute approximate surface area is 157 Å². The van der Waals surface area contributed by atoms with Crippen LogP contribution in [0.1, 0.15) is 28.5 Å². The van der Waals surface area contributed by atoms with Gasteiger partial charge in [0.05, 0.1) is 6.42 Å². The highest BCUT2D eigenvalue weighted by molar-refractivity contribution is 7.13. The van der Waals surface area contributed by atoms with Crippen molar-refractivity contribution in [2.75, 3.05) is 38.0 Å². The fourth-order valence-electron chi connectivity index (χ4n) is 2.92. The lowest BCUT2D eigenvalue weighted by Gasteiger charge is -2.34. The molecule has 0 aliphatic carbocycles. The predicted molar refractivity (Wildman–Crippen MR) is 104 cm³/mol. The number of thiazole rings is 1. The first kappa shape index (κ1) is 18.4. The van der Waals surface area contributed by atoms with Crippen molar-refractivity contribution in [2.45, 2.75) is 20.3 Å². The highest BCUT2D eigenvalue weighted by Crippen LogP contribution is 2.17. The van der Waals surface area contributed by atoms with Crippen molar-refractivity contribution >= 4 is 28.3 Å². The number of aryl methyl sites for hydroxylation is 1. The maximum Gasteiger partial charge on any atom is 0.273 e. The van der Waals surface area contributed by atoms with E-state index < -0.39 is 0 Å². The van der Waals surface area contributed by atoms with Crippen molar-refractivity contribution in [3.63, 3.8) is 0 Å². The molecule has 1 saturated heterocycles. The number of amides is 2. The Kier molecular flexibility index (Phi) is 5.88. The lowest BCUT2D eigenvalue weighted by Crippen LogP contribution is -2.51. The monoisotopic (exact) mass is 372 g/mol. The molecule has 26 heavy (non-hydrogen) atoms. The minimum Gasteiger partial charge on any atom is -0.362 e. The third-order valence-electron chi connectivity index (χ3n) is 4.45. The van der Waals surface area contributed by atoms with Crippen molar-refractivity contribution in [3.8, 4) is 0 Å². The van der Waals surface area contributed by atoms with Gasteiger partial charge in [-0.1, -0.05) is 29.8 Å². The summed E-state index contributed by atoms with van der Waals surface area (Å²) in [5.74, 6) is 0.0556. The molecule has 1 fully saturated rings. The largest absolute Gasteiger partial charge is 0.362 e. The maximum atomic E-state index is 12.6. The number of carbonyl (C=O) groups is 2. The fraction of sp³-hybridized carbons (Fsp3) is 0.421. The van der Waals surface area contributed by atoms with Gasteiger partial charge in [-0.2, -0.15) is 0 Å². The Hall–Kier alpha value is -2.41. The number of nitrogens with one attached hydrogen (secondary N) is 1. The summed E-state index contributed by atoms with van der Waals surface area (Å²) in [6.07, 6.45) is 0.409. The van der Waals surface area contributed by atoms with Gasteiger partial charge in [0.25, 0.3) is 5.91 Å². The minimum absolute atomic E-state index is 0.0592. The Bertz CT molecular complexity index is 764. The molecular formula is C19H24N4O2S. The van der Waals surface area contributed by atoms with Gasteiger partial charge in [-0.15, -0.1) is 11.3 Å². The van der Waals surface area contributed by atoms with Crippen LogP contribution in [0.2, 0.25) is 0 Å². The van der Waals surface area contributed by atoms with E-state index in [1.807, 2.05) is 43.0 Å². The lowest BCUT2D eigenvalue weighted by atomic mass is 10.1. The summed E-state index contributed by atoms with van der Waals surface area (Å²) in [6, 6.07) is 8.04. The zero-order valence-electron chi connectivity index (χ0n) is 15.2. The molecule has 0 unspecified atom stereocenters. The third kappa shape index (κ3) is 4.40. The number of piperazine rings is 1. The molecule has 0 radical (unpaired) electrons. The first-order valence-corrected chi connectivity index (χ1v) is 9.76. The van der Waals surface area contributed by atoms with Crippen LogP contribution in [0.15, 0.2) is 29.6 Å². The normalized spacial score (nSPS) is 14.4. The molecule has 0 spiro atoms. The molecule has 2 aromatic rings. The van der Waals surface area contributed by atoms with Crippen LogP contribution in [0.3, 0.4) is 0 Å². The van der Waals surface area contributed by atoms with Crippen LogP contribution >= 0.6 is 11.3 Å². The molecule has 1 aromatic heterocycles. The van der Waals surface area contributed by atoms with Gasteiger partial charge in [-0.3, -0.25) is 9.59 Å². The molecule has 0 saturated carbocycles. The number of hydrogen-bond acceptors (Lipinski definition) is 5. The average molecular weight is 372 g/mol. The molecular weight excluding hydrogens is 348 g/mol. The van der Waals surface area contributed by atoms with Crippen molar-refractivity contribution in [2.24, 2.45) is 0 Å². The summed E-state index contributed by atoms with van der Waals surface area (Å²) in [5.41, 5.74) is 2.69. The third-order valence-corrected chi connectivity index (χ3v) is 5.25. The second-order valence-corrected chi connectivity index (χ2v) is 7.26. The number of hydrogen-bond donors (Lipinski definition) is 1. The lowest BCUT2D eigenvalue weighted by molar-refractivity contribution is -0.131. The molecule has 1 aliphatic heterocycles. The predicted octanol–water partition coefficient (Wildman–Crippen LogP) is 2.41. The highest BCUT2D eigenvalue weighted by atomic mass is 32.1. The van der Waals surface area contributed by atoms with E-state index in [0.717, 1.165) is 17.2 Å². The zero-order chi connectivity index (χ0) is 18.5. The van der Waals surface area contributed by atoms with Gasteiger partial charge in [0.1, 0.15) is 5.69 Å². The quantitative estimate of drug-likeness (QED) is 0.875. The smallest absolute Gasteiger partial charge is 0.273 e. The highest BCUT2D eigenvalue weighted by Gasteiger charge is 2.26. The molecule has 0 atom stereocenters. The van der Waals surface area contributed by atoms with Crippen molar-refractivity contribution in [3.05, 3.63) is 46.5 Å². The van der Waals surface area contributed by atoms with Crippen molar-refractivity contribution < 1.29 is 9.59 Å². The number of nitrogens with zero attached hydrogens (tertiary/aromatic N) is 3. The van der Waals surface area contributed by atoms with E-state index in [-0.39, 0.29) is 11.8 Å². The van der Waals surface area contributed by atoms with Gasteiger partial charge >= 0.3 is 0 Å². The molecule has 1 aromatic carbocycles. The van der Waals surface area contributed by atoms with Crippen LogP contribution < -0.4 is 5.32 Å². The number of aromatic nitrogens is 1. The molecule has 7 heteroatoms. The second-order valence-electron chi connectivity index (χ2n) is 6.40. The standard InChI is InChI=1S/C19H24N4O2S/c1-3-20-19-21-16(13-26-19)18(25)23-10-8-22(9-11-23)17(24)12-15-6-4-14(2)5-7-15/h4-7,13H,3,8-12H2,1-2H3,(H,20,21). The molecule has 0 bridgehead atoms. The molecule has 2 amide bonds.